The number of ether oxygens (including phenoxy) is 1. The minimum Gasteiger partial charge on any atom is -0.454 e. The van der Waals surface area contributed by atoms with Crippen LogP contribution in [0, 0.1) is 5.82 Å². The summed E-state index contributed by atoms with van der Waals surface area (Å²) in [5.41, 5.74) is 9.89. The molecular formula is C24H24FN5O2. The molecule has 3 aromatic rings. The third-order valence-corrected chi connectivity index (χ3v) is 6.05. The Kier molecular flexibility index (Phi) is 5.22. The summed E-state index contributed by atoms with van der Waals surface area (Å²) in [6, 6.07) is 7.62. The molecule has 8 heteroatoms. The average molecular weight is 433 g/mol. The van der Waals surface area contributed by atoms with Crippen LogP contribution in [0.3, 0.4) is 0 Å². The molecule has 2 aliphatic rings. The maximum Gasteiger partial charge on any atom is 0.240 e. The van der Waals surface area contributed by atoms with Crippen molar-refractivity contribution >= 4 is 11.7 Å². The standard InChI is InChI=1S/C24H24FN5O2/c1-14-10-29-23-22(14)21(5-7-28-23)32-20-3-2-15(8-18(20)25)9-19(26)24(31)30-12-16-4-6-27-11-17(16)13-30/h2-8,11,14,19H,9-10,12-13,26H2,1H3,(H,28,29). The molecule has 164 valence electrons. The normalized spacial score (nSPS) is 17.5. The van der Waals surface area contributed by atoms with Gasteiger partial charge in [-0.05, 0) is 47.4 Å². The van der Waals surface area contributed by atoms with Crippen LogP contribution in [0.5, 0.6) is 11.5 Å². The van der Waals surface area contributed by atoms with Crippen molar-refractivity contribution in [3.05, 3.63) is 77.0 Å². The molecule has 0 aliphatic carbocycles. The van der Waals surface area contributed by atoms with Gasteiger partial charge in [0.1, 0.15) is 11.6 Å². The van der Waals surface area contributed by atoms with Crippen LogP contribution >= 0.6 is 0 Å². The summed E-state index contributed by atoms with van der Waals surface area (Å²) < 4.78 is 20.7. The van der Waals surface area contributed by atoms with E-state index in [0.29, 0.717) is 24.4 Å². The molecule has 7 nitrogen and oxygen atoms in total. The first-order chi connectivity index (χ1) is 15.5. The maximum atomic E-state index is 14.8. The summed E-state index contributed by atoms with van der Waals surface area (Å²) in [5.74, 6) is 1.07. The number of fused-ring (bicyclic) bond motifs is 2. The Morgan fingerprint density at radius 3 is 2.91 bits per heavy atom. The molecular weight excluding hydrogens is 409 g/mol. The van der Waals surface area contributed by atoms with Gasteiger partial charge in [-0.1, -0.05) is 13.0 Å². The highest BCUT2D eigenvalue weighted by molar-refractivity contribution is 5.82. The SMILES string of the molecule is CC1CNc2nccc(Oc3ccc(CC(N)C(=O)N4Cc5ccncc5C4)cc3F)c21. The first-order valence-corrected chi connectivity index (χ1v) is 10.6. The van der Waals surface area contributed by atoms with Crippen molar-refractivity contribution < 1.29 is 13.9 Å². The zero-order valence-corrected chi connectivity index (χ0v) is 17.7. The monoisotopic (exact) mass is 433 g/mol. The lowest BCUT2D eigenvalue weighted by atomic mass is 10.0. The molecule has 4 heterocycles. The zero-order chi connectivity index (χ0) is 22.2. The summed E-state index contributed by atoms with van der Waals surface area (Å²) in [5, 5.41) is 3.22. The fraction of sp³-hybridized carbons (Fsp3) is 0.292. The van der Waals surface area contributed by atoms with Crippen LogP contribution < -0.4 is 15.8 Å². The van der Waals surface area contributed by atoms with Gasteiger partial charge in [-0.2, -0.15) is 0 Å². The van der Waals surface area contributed by atoms with Crippen LogP contribution in [0.4, 0.5) is 10.2 Å². The molecule has 2 aromatic heterocycles. The molecule has 0 saturated heterocycles. The Morgan fingerprint density at radius 2 is 2.09 bits per heavy atom. The molecule has 0 spiro atoms. The fourth-order valence-electron chi connectivity index (χ4n) is 4.34. The first kappa shape index (κ1) is 20.4. The largest absolute Gasteiger partial charge is 0.454 e. The van der Waals surface area contributed by atoms with Gasteiger partial charge in [0.2, 0.25) is 5.91 Å². The Morgan fingerprint density at radius 1 is 1.25 bits per heavy atom. The number of benzene rings is 1. The molecule has 1 aromatic carbocycles. The van der Waals surface area contributed by atoms with E-state index in [1.54, 1.807) is 41.7 Å². The van der Waals surface area contributed by atoms with E-state index >= 15 is 0 Å². The first-order valence-electron chi connectivity index (χ1n) is 10.6. The molecule has 0 bridgehead atoms. The van der Waals surface area contributed by atoms with E-state index in [2.05, 4.69) is 22.2 Å². The topological polar surface area (TPSA) is 93.4 Å². The lowest BCUT2D eigenvalue weighted by molar-refractivity contribution is -0.133. The quantitative estimate of drug-likeness (QED) is 0.641. The second-order valence-electron chi connectivity index (χ2n) is 8.37. The second kappa shape index (κ2) is 8.20. The number of amides is 1. The smallest absolute Gasteiger partial charge is 0.240 e. The predicted molar refractivity (Wildman–Crippen MR) is 118 cm³/mol. The van der Waals surface area contributed by atoms with E-state index in [0.717, 1.165) is 29.1 Å². The Hall–Kier alpha value is -3.52. The van der Waals surface area contributed by atoms with Crippen molar-refractivity contribution in [1.82, 2.24) is 14.9 Å². The number of carbonyl (C=O) groups is 1. The van der Waals surface area contributed by atoms with Crippen LogP contribution in [0.15, 0.2) is 48.9 Å². The number of hydrogen-bond acceptors (Lipinski definition) is 6. The van der Waals surface area contributed by atoms with Crippen LogP contribution in [0.2, 0.25) is 0 Å². The Balaban J connectivity index is 1.26. The van der Waals surface area contributed by atoms with Gasteiger partial charge in [-0.3, -0.25) is 9.78 Å². The van der Waals surface area contributed by atoms with Gasteiger partial charge in [-0.15, -0.1) is 0 Å². The second-order valence-corrected chi connectivity index (χ2v) is 8.37. The summed E-state index contributed by atoms with van der Waals surface area (Å²) in [6.45, 7) is 3.87. The maximum absolute atomic E-state index is 14.8. The number of halogens is 1. The van der Waals surface area contributed by atoms with E-state index in [1.807, 2.05) is 6.07 Å². The third-order valence-electron chi connectivity index (χ3n) is 6.05. The van der Waals surface area contributed by atoms with Crippen LogP contribution in [-0.4, -0.2) is 33.4 Å². The number of rotatable bonds is 5. The number of nitrogens with one attached hydrogen (secondary N) is 1. The molecule has 2 aliphatic heterocycles. The number of aromatic nitrogens is 2. The number of pyridine rings is 2. The number of anilines is 1. The summed E-state index contributed by atoms with van der Waals surface area (Å²) >= 11 is 0. The molecule has 0 radical (unpaired) electrons. The van der Waals surface area contributed by atoms with Gasteiger partial charge in [0.15, 0.2) is 11.6 Å². The number of nitrogens with two attached hydrogens (primary N) is 1. The summed E-state index contributed by atoms with van der Waals surface area (Å²) in [4.78, 5) is 22.9. The number of nitrogens with zero attached hydrogens (tertiary/aromatic N) is 3. The van der Waals surface area contributed by atoms with E-state index < -0.39 is 11.9 Å². The van der Waals surface area contributed by atoms with Crippen molar-refractivity contribution in [1.29, 1.82) is 0 Å². The van der Waals surface area contributed by atoms with E-state index in [-0.39, 0.29) is 24.0 Å². The van der Waals surface area contributed by atoms with Crippen LogP contribution in [0.1, 0.15) is 35.1 Å². The van der Waals surface area contributed by atoms with Crippen molar-refractivity contribution in [3.8, 4) is 11.5 Å². The number of carbonyl (C=O) groups excluding carboxylic acids is 1. The van der Waals surface area contributed by atoms with E-state index in [9.17, 15) is 9.18 Å². The Bertz CT molecular complexity index is 1160. The lowest BCUT2D eigenvalue weighted by Gasteiger charge is -2.20. The molecule has 1 amide bonds. The average Bonchev–Trinajstić information content (AvgIpc) is 3.39. The summed E-state index contributed by atoms with van der Waals surface area (Å²) in [7, 11) is 0. The minimum absolute atomic E-state index is 0.128. The van der Waals surface area contributed by atoms with Crippen molar-refractivity contribution in [2.75, 3.05) is 11.9 Å². The highest BCUT2D eigenvalue weighted by atomic mass is 19.1. The molecule has 0 saturated carbocycles. The molecule has 3 N–H and O–H groups in total. The molecule has 5 rings (SSSR count). The molecule has 0 fully saturated rings. The van der Waals surface area contributed by atoms with E-state index in [4.69, 9.17) is 10.5 Å². The molecule has 32 heavy (non-hydrogen) atoms. The minimum atomic E-state index is -0.751. The van der Waals surface area contributed by atoms with Crippen LogP contribution in [-0.2, 0) is 24.3 Å². The van der Waals surface area contributed by atoms with Crippen molar-refractivity contribution in [2.45, 2.75) is 38.4 Å². The van der Waals surface area contributed by atoms with Crippen molar-refractivity contribution in [2.24, 2.45) is 5.73 Å². The van der Waals surface area contributed by atoms with Gasteiger partial charge in [0, 0.05) is 49.7 Å². The summed E-state index contributed by atoms with van der Waals surface area (Å²) in [6.07, 6.45) is 5.38. The van der Waals surface area contributed by atoms with Crippen molar-refractivity contribution in [3.63, 3.8) is 0 Å². The molecule has 2 atom stereocenters. The highest BCUT2D eigenvalue weighted by Crippen LogP contribution is 2.39. The van der Waals surface area contributed by atoms with E-state index in [1.165, 1.54) is 6.07 Å². The lowest BCUT2D eigenvalue weighted by Crippen LogP contribution is -2.42. The van der Waals surface area contributed by atoms with Gasteiger partial charge in [-0.25, -0.2) is 9.37 Å². The third kappa shape index (κ3) is 3.78. The molecule has 2 unspecified atom stereocenters. The van der Waals surface area contributed by atoms with Crippen LogP contribution in [0.25, 0.3) is 0 Å². The fourth-order valence-corrected chi connectivity index (χ4v) is 4.34. The highest BCUT2D eigenvalue weighted by Gasteiger charge is 2.28. The Labute approximate surface area is 185 Å². The zero-order valence-electron chi connectivity index (χ0n) is 17.7. The van der Waals surface area contributed by atoms with Gasteiger partial charge in [0.05, 0.1) is 6.04 Å². The predicted octanol–water partition coefficient (Wildman–Crippen LogP) is 3.35. The van der Waals surface area contributed by atoms with Gasteiger partial charge >= 0.3 is 0 Å². The number of hydrogen-bond donors (Lipinski definition) is 2. The van der Waals surface area contributed by atoms with Gasteiger partial charge < -0.3 is 20.7 Å². The van der Waals surface area contributed by atoms with Gasteiger partial charge in [0.25, 0.3) is 0 Å².